The molecule has 1 unspecified atom stereocenters. The van der Waals surface area contributed by atoms with Gasteiger partial charge < -0.3 is 5.73 Å². The van der Waals surface area contributed by atoms with Crippen molar-refractivity contribution in [3.63, 3.8) is 0 Å². The standard InChI is InChI=1S/C6H11F2NO2S/c1-5(9)4-12(10,11)3-2-6(5,7)8/h2-4,9H2,1H3. The number of hydrogen-bond acceptors (Lipinski definition) is 3. The third-order valence-electron chi connectivity index (χ3n) is 2.08. The molecule has 1 aliphatic heterocycles. The van der Waals surface area contributed by atoms with Crippen LogP contribution in [0.4, 0.5) is 8.78 Å². The molecule has 0 bridgehead atoms. The average Bonchev–Trinajstić information content (AvgIpc) is 1.79. The first kappa shape index (κ1) is 9.85. The Labute approximate surface area is 69.9 Å². The van der Waals surface area contributed by atoms with Gasteiger partial charge in [0, 0.05) is 6.42 Å². The maximum Gasteiger partial charge on any atom is 0.267 e. The summed E-state index contributed by atoms with van der Waals surface area (Å²) in [6, 6.07) is 0. The monoisotopic (exact) mass is 199 g/mol. The summed E-state index contributed by atoms with van der Waals surface area (Å²) in [5.41, 5.74) is 3.29. The predicted octanol–water partition coefficient (Wildman–Crippen LogP) is 0.158. The largest absolute Gasteiger partial charge is 0.320 e. The Bertz CT molecular complexity index is 284. The number of halogens is 2. The summed E-state index contributed by atoms with van der Waals surface area (Å²) < 4.78 is 47.8. The third-order valence-corrected chi connectivity index (χ3v) is 3.95. The summed E-state index contributed by atoms with van der Waals surface area (Å²) in [5.74, 6) is -4.17. The first-order valence-electron chi connectivity index (χ1n) is 3.53. The first-order valence-corrected chi connectivity index (χ1v) is 5.36. The minimum Gasteiger partial charge on any atom is -0.320 e. The van der Waals surface area contributed by atoms with Crippen molar-refractivity contribution in [3.05, 3.63) is 0 Å². The van der Waals surface area contributed by atoms with Gasteiger partial charge in [-0.25, -0.2) is 17.2 Å². The lowest BCUT2D eigenvalue weighted by Gasteiger charge is -2.37. The second-order valence-electron chi connectivity index (χ2n) is 3.46. The lowest BCUT2D eigenvalue weighted by molar-refractivity contribution is -0.0650. The van der Waals surface area contributed by atoms with E-state index >= 15 is 0 Å². The molecular weight excluding hydrogens is 188 g/mol. The molecule has 0 aromatic carbocycles. The van der Waals surface area contributed by atoms with Crippen LogP contribution in [0.15, 0.2) is 0 Å². The van der Waals surface area contributed by atoms with Gasteiger partial charge in [0.2, 0.25) is 0 Å². The molecule has 0 radical (unpaired) electrons. The van der Waals surface area contributed by atoms with Crippen molar-refractivity contribution in [2.75, 3.05) is 11.5 Å². The molecule has 2 N–H and O–H groups in total. The van der Waals surface area contributed by atoms with Crippen LogP contribution in [-0.2, 0) is 9.84 Å². The fourth-order valence-electron chi connectivity index (χ4n) is 1.20. The minimum atomic E-state index is -3.37. The second-order valence-corrected chi connectivity index (χ2v) is 5.65. The van der Waals surface area contributed by atoms with Crippen LogP contribution in [0.2, 0.25) is 0 Å². The van der Waals surface area contributed by atoms with E-state index in [1.165, 1.54) is 0 Å². The number of hydrogen-bond donors (Lipinski definition) is 1. The van der Waals surface area contributed by atoms with Gasteiger partial charge in [0.1, 0.15) is 0 Å². The Hall–Kier alpha value is -0.230. The quantitative estimate of drug-likeness (QED) is 0.604. The molecule has 12 heavy (non-hydrogen) atoms. The molecule has 1 saturated heterocycles. The molecular formula is C6H11F2NO2S. The van der Waals surface area contributed by atoms with Gasteiger partial charge in [-0.05, 0) is 6.92 Å². The molecule has 1 aliphatic rings. The van der Waals surface area contributed by atoms with Crippen molar-refractivity contribution in [2.24, 2.45) is 5.73 Å². The molecule has 1 atom stereocenters. The van der Waals surface area contributed by atoms with Gasteiger partial charge in [-0.3, -0.25) is 0 Å². The van der Waals surface area contributed by atoms with Gasteiger partial charge >= 0.3 is 0 Å². The van der Waals surface area contributed by atoms with Gasteiger partial charge in [0.05, 0.1) is 17.0 Å². The van der Waals surface area contributed by atoms with Crippen molar-refractivity contribution >= 4 is 9.84 Å². The van der Waals surface area contributed by atoms with E-state index in [2.05, 4.69) is 0 Å². The topological polar surface area (TPSA) is 60.2 Å². The van der Waals surface area contributed by atoms with Crippen LogP contribution in [0, 0.1) is 0 Å². The van der Waals surface area contributed by atoms with E-state index in [9.17, 15) is 17.2 Å². The van der Waals surface area contributed by atoms with Crippen molar-refractivity contribution in [3.8, 4) is 0 Å². The van der Waals surface area contributed by atoms with Gasteiger partial charge in [-0.2, -0.15) is 0 Å². The fourth-order valence-corrected chi connectivity index (χ4v) is 3.04. The summed E-state index contributed by atoms with van der Waals surface area (Å²) in [4.78, 5) is 0. The molecule has 0 amide bonds. The highest BCUT2D eigenvalue weighted by Crippen LogP contribution is 2.35. The first-order chi connectivity index (χ1) is 5.16. The predicted molar refractivity (Wildman–Crippen MR) is 40.8 cm³/mol. The highest BCUT2D eigenvalue weighted by atomic mass is 32.2. The van der Waals surface area contributed by atoms with Crippen molar-refractivity contribution in [2.45, 2.75) is 24.8 Å². The van der Waals surface area contributed by atoms with Crippen LogP contribution in [-0.4, -0.2) is 31.4 Å². The lowest BCUT2D eigenvalue weighted by Crippen LogP contribution is -2.61. The van der Waals surface area contributed by atoms with Crippen LogP contribution in [0.1, 0.15) is 13.3 Å². The Morgan fingerprint density at radius 2 is 1.92 bits per heavy atom. The van der Waals surface area contributed by atoms with Gasteiger partial charge in [0.15, 0.2) is 9.84 Å². The van der Waals surface area contributed by atoms with Gasteiger partial charge in [-0.1, -0.05) is 0 Å². The molecule has 0 spiro atoms. The molecule has 1 rings (SSSR count). The highest BCUT2D eigenvalue weighted by Gasteiger charge is 2.53. The Morgan fingerprint density at radius 1 is 1.42 bits per heavy atom. The minimum absolute atomic E-state index is 0.465. The molecule has 1 fully saturated rings. The Balaban J connectivity index is 2.97. The maximum absolute atomic E-state index is 12.9. The van der Waals surface area contributed by atoms with Crippen LogP contribution in [0.25, 0.3) is 0 Å². The molecule has 0 aromatic heterocycles. The normalized spacial score (nSPS) is 39.3. The van der Waals surface area contributed by atoms with E-state index in [-0.39, 0.29) is 0 Å². The zero-order chi connectivity index (χ0) is 9.62. The molecule has 72 valence electrons. The number of nitrogens with two attached hydrogens (primary N) is 1. The fraction of sp³-hybridized carbons (Fsp3) is 1.00. The summed E-state index contributed by atoms with van der Waals surface area (Å²) in [6.45, 7) is 1.07. The lowest BCUT2D eigenvalue weighted by atomic mass is 9.95. The third kappa shape index (κ3) is 1.59. The van der Waals surface area contributed by atoms with Gasteiger partial charge in [-0.15, -0.1) is 0 Å². The second kappa shape index (κ2) is 2.38. The van der Waals surface area contributed by atoms with Crippen molar-refractivity contribution in [1.82, 2.24) is 0 Å². The molecule has 1 heterocycles. The maximum atomic E-state index is 12.9. The van der Waals surface area contributed by atoms with E-state index in [0.29, 0.717) is 0 Å². The van der Waals surface area contributed by atoms with Crippen molar-refractivity contribution < 1.29 is 17.2 Å². The number of rotatable bonds is 0. The SMILES string of the molecule is CC1(N)CS(=O)(=O)CCC1(F)F. The number of alkyl halides is 2. The molecule has 0 saturated carbocycles. The summed E-state index contributed by atoms with van der Waals surface area (Å²) in [7, 11) is -3.37. The molecule has 0 aromatic rings. The zero-order valence-corrected chi connectivity index (χ0v) is 7.50. The van der Waals surface area contributed by atoms with Crippen LogP contribution in [0.3, 0.4) is 0 Å². The Morgan fingerprint density at radius 3 is 2.25 bits per heavy atom. The van der Waals surface area contributed by atoms with E-state index in [1.807, 2.05) is 0 Å². The van der Waals surface area contributed by atoms with E-state index in [0.717, 1.165) is 6.92 Å². The van der Waals surface area contributed by atoms with Crippen LogP contribution >= 0.6 is 0 Å². The smallest absolute Gasteiger partial charge is 0.267 e. The van der Waals surface area contributed by atoms with Crippen molar-refractivity contribution in [1.29, 1.82) is 0 Å². The summed E-state index contributed by atoms with van der Waals surface area (Å²) >= 11 is 0. The molecule has 3 nitrogen and oxygen atoms in total. The summed E-state index contributed by atoms with van der Waals surface area (Å²) in [5, 5.41) is 0. The molecule has 6 heteroatoms. The van der Waals surface area contributed by atoms with Crippen LogP contribution < -0.4 is 5.73 Å². The van der Waals surface area contributed by atoms with E-state index in [4.69, 9.17) is 5.73 Å². The summed E-state index contributed by atoms with van der Waals surface area (Å²) in [6.07, 6.45) is -0.664. The van der Waals surface area contributed by atoms with E-state index < -0.39 is 39.2 Å². The highest BCUT2D eigenvalue weighted by molar-refractivity contribution is 7.91. The Kier molecular flexibility index (Phi) is 1.96. The molecule has 0 aliphatic carbocycles. The van der Waals surface area contributed by atoms with Crippen LogP contribution in [0.5, 0.6) is 0 Å². The number of sulfone groups is 1. The van der Waals surface area contributed by atoms with E-state index in [1.54, 1.807) is 0 Å². The van der Waals surface area contributed by atoms with Gasteiger partial charge in [0.25, 0.3) is 5.92 Å². The average molecular weight is 199 g/mol. The zero-order valence-electron chi connectivity index (χ0n) is 6.68.